The zero-order valence-electron chi connectivity index (χ0n) is 19.1. The molecule has 0 aromatic heterocycles. The first-order valence-electron chi connectivity index (χ1n) is 10.6. The van der Waals surface area contributed by atoms with Crippen LogP contribution in [-0.2, 0) is 14.8 Å². The van der Waals surface area contributed by atoms with E-state index in [0.717, 1.165) is 15.4 Å². The molecule has 3 rings (SSSR count). The summed E-state index contributed by atoms with van der Waals surface area (Å²) in [6.07, 6.45) is 3.11. The molecule has 0 atom stereocenters. The lowest BCUT2D eigenvalue weighted by Crippen LogP contribution is -2.39. The van der Waals surface area contributed by atoms with Crippen LogP contribution in [0.15, 0.2) is 95.4 Å². The molecule has 0 fully saturated rings. The minimum atomic E-state index is -3.98. The second kappa shape index (κ2) is 11.3. The van der Waals surface area contributed by atoms with Crippen molar-refractivity contribution in [3.05, 3.63) is 102 Å². The van der Waals surface area contributed by atoms with E-state index in [1.165, 1.54) is 18.3 Å². The van der Waals surface area contributed by atoms with Crippen LogP contribution in [0, 0.1) is 13.8 Å². The quantitative estimate of drug-likeness (QED) is 0.269. The highest BCUT2D eigenvalue weighted by molar-refractivity contribution is 7.92. The third-order valence-corrected chi connectivity index (χ3v) is 6.60. The first-order valence-corrected chi connectivity index (χ1v) is 12.1. The maximum Gasteiger partial charge on any atom is 0.264 e. The third-order valence-electron chi connectivity index (χ3n) is 4.81. The highest BCUT2D eigenvalue weighted by Gasteiger charge is 2.27. The summed E-state index contributed by atoms with van der Waals surface area (Å²) in [5, 5.41) is 3.97. The molecule has 0 radical (unpaired) electrons. The molecular weight excluding hydrogens is 450 g/mol. The second-order valence-electron chi connectivity index (χ2n) is 7.63. The maximum atomic E-state index is 13.4. The summed E-state index contributed by atoms with van der Waals surface area (Å²) in [5.41, 5.74) is 5.33. The molecule has 0 unspecified atom stereocenters. The van der Waals surface area contributed by atoms with Crippen LogP contribution in [0.3, 0.4) is 0 Å². The number of hydrogen-bond donors (Lipinski definition) is 1. The van der Waals surface area contributed by atoms with E-state index >= 15 is 0 Å². The molecule has 0 aliphatic heterocycles. The van der Waals surface area contributed by atoms with E-state index in [1.807, 2.05) is 19.9 Å². The van der Waals surface area contributed by atoms with E-state index in [9.17, 15) is 13.2 Å². The second-order valence-corrected chi connectivity index (χ2v) is 9.49. The van der Waals surface area contributed by atoms with Gasteiger partial charge in [-0.15, -0.1) is 0 Å². The van der Waals surface area contributed by atoms with Gasteiger partial charge in [-0.2, -0.15) is 5.10 Å². The number of rotatable bonds is 10. The fraction of sp³-hybridized carbons (Fsp3) is 0.154. The van der Waals surface area contributed by atoms with Gasteiger partial charge in [0.1, 0.15) is 18.9 Å². The number of aryl methyl sites for hydroxylation is 2. The van der Waals surface area contributed by atoms with Crippen molar-refractivity contribution in [3.63, 3.8) is 0 Å². The summed E-state index contributed by atoms with van der Waals surface area (Å²) in [4.78, 5) is 12.8. The number of anilines is 1. The van der Waals surface area contributed by atoms with Crippen molar-refractivity contribution in [1.82, 2.24) is 5.43 Å². The average Bonchev–Trinajstić information content (AvgIpc) is 2.81. The summed E-state index contributed by atoms with van der Waals surface area (Å²) in [5.74, 6) is 0.0671. The van der Waals surface area contributed by atoms with Crippen LogP contribution in [0.2, 0.25) is 0 Å². The molecule has 1 amide bonds. The predicted octanol–water partition coefficient (Wildman–Crippen LogP) is 4.21. The Balaban J connectivity index is 1.79. The molecule has 0 aliphatic carbocycles. The smallest absolute Gasteiger partial charge is 0.264 e. The molecule has 3 aromatic rings. The SMILES string of the molecule is C=CCOc1cccc(/C=N\NC(=O)CN(c2cccc(C)c2)S(=O)(=O)c2ccc(C)cc2)c1. The van der Waals surface area contributed by atoms with Gasteiger partial charge in [0.25, 0.3) is 15.9 Å². The fourth-order valence-electron chi connectivity index (χ4n) is 3.12. The Hall–Kier alpha value is -3.91. The molecule has 1 N–H and O–H groups in total. The molecule has 34 heavy (non-hydrogen) atoms. The minimum absolute atomic E-state index is 0.104. The van der Waals surface area contributed by atoms with Crippen molar-refractivity contribution in [1.29, 1.82) is 0 Å². The van der Waals surface area contributed by atoms with Crippen LogP contribution in [-0.4, -0.2) is 33.7 Å². The molecular formula is C26H27N3O4S. The molecule has 0 saturated heterocycles. The van der Waals surface area contributed by atoms with Crippen molar-refractivity contribution in [2.75, 3.05) is 17.5 Å². The van der Waals surface area contributed by atoms with Gasteiger partial charge in [0.2, 0.25) is 0 Å². The van der Waals surface area contributed by atoms with E-state index < -0.39 is 22.5 Å². The maximum absolute atomic E-state index is 13.4. The van der Waals surface area contributed by atoms with Crippen molar-refractivity contribution < 1.29 is 17.9 Å². The number of nitrogens with zero attached hydrogens (tertiary/aromatic N) is 2. The molecule has 0 heterocycles. The normalized spacial score (nSPS) is 11.2. The largest absolute Gasteiger partial charge is 0.490 e. The van der Waals surface area contributed by atoms with E-state index in [4.69, 9.17) is 4.74 Å². The average molecular weight is 478 g/mol. The van der Waals surface area contributed by atoms with Gasteiger partial charge >= 0.3 is 0 Å². The zero-order chi connectivity index (χ0) is 24.6. The van der Waals surface area contributed by atoms with Gasteiger partial charge in [-0.1, -0.05) is 54.6 Å². The van der Waals surface area contributed by atoms with Crippen LogP contribution >= 0.6 is 0 Å². The van der Waals surface area contributed by atoms with Gasteiger partial charge in [0.15, 0.2) is 0 Å². The molecule has 0 aliphatic rings. The molecule has 8 heteroatoms. The Bertz CT molecular complexity index is 1290. The third kappa shape index (κ3) is 6.55. The summed E-state index contributed by atoms with van der Waals surface area (Å²) < 4.78 is 33.4. The summed E-state index contributed by atoms with van der Waals surface area (Å²) in [7, 11) is -3.98. The van der Waals surface area contributed by atoms with Crippen LogP contribution in [0.25, 0.3) is 0 Å². The van der Waals surface area contributed by atoms with Gasteiger partial charge in [-0.25, -0.2) is 13.8 Å². The molecule has 3 aromatic carbocycles. The number of hydrazone groups is 1. The topological polar surface area (TPSA) is 88.1 Å². The summed E-state index contributed by atoms with van der Waals surface area (Å²) in [6.45, 7) is 7.29. The summed E-state index contributed by atoms with van der Waals surface area (Å²) >= 11 is 0. The lowest BCUT2D eigenvalue weighted by Gasteiger charge is -2.24. The summed E-state index contributed by atoms with van der Waals surface area (Å²) in [6, 6.07) is 20.7. The monoisotopic (exact) mass is 477 g/mol. The first kappa shape index (κ1) is 24.7. The lowest BCUT2D eigenvalue weighted by molar-refractivity contribution is -0.119. The fourth-order valence-corrected chi connectivity index (χ4v) is 4.53. The predicted molar refractivity (Wildman–Crippen MR) is 135 cm³/mol. The van der Waals surface area contributed by atoms with Crippen LogP contribution in [0.1, 0.15) is 16.7 Å². The van der Waals surface area contributed by atoms with E-state index in [-0.39, 0.29) is 4.90 Å². The van der Waals surface area contributed by atoms with Crippen LogP contribution in [0.4, 0.5) is 5.69 Å². The number of carbonyl (C=O) groups excluding carboxylic acids is 1. The highest BCUT2D eigenvalue weighted by Crippen LogP contribution is 2.24. The van der Waals surface area contributed by atoms with Gasteiger partial charge in [-0.05, 0) is 61.4 Å². The van der Waals surface area contributed by atoms with E-state index in [0.29, 0.717) is 23.6 Å². The van der Waals surface area contributed by atoms with Gasteiger partial charge in [0, 0.05) is 0 Å². The van der Waals surface area contributed by atoms with Crippen molar-refractivity contribution in [3.8, 4) is 5.75 Å². The van der Waals surface area contributed by atoms with Crippen LogP contribution in [0.5, 0.6) is 5.75 Å². The highest BCUT2D eigenvalue weighted by atomic mass is 32.2. The molecule has 0 saturated carbocycles. The number of sulfonamides is 1. The number of ether oxygens (including phenoxy) is 1. The zero-order valence-corrected chi connectivity index (χ0v) is 20.0. The van der Waals surface area contributed by atoms with E-state index in [2.05, 4.69) is 17.1 Å². The number of carbonyl (C=O) groups is 1. The van der Waals surface area contributed by atoms with Gasteiger partial charge < -0.3 is 4.74 Å². The number of benzene rings is 3. The number of hydrogen-bond acceptors (Lipinski definition) is 5. The lowest BCUT2D eigenvalue weighted by atomic mass is 10.2. The van der Waals surface area contributed by atoms with Gasteiger partial charge in [0.05, 0.1) is 16.8 Å². The Morgan fingerprint density at radius 1 is 1.03 bits per heavy atom. The molecule has 7 nitrogen and oxygen atoms in total. The number of nitrogens with one attached hydrogen (secondary N) is 1. The Labute approximate surface area is 200 Å². The van der Waals surface area contributed by atoms with Crippen molar-refractivity contribution in [2.24, 2.45) is 5.10 Å². The van der Waals surface area contributed by atoms with Crippen LogP contribution < -0.4 is 14.5 Å². The standard InChI is InChI=1S/C26H27N3O4S/c1-4-15-33-24-10-6-8-22(17-24)18-27-28-26(30)19-29(23-9-5-7-21(3)16-23)34(31,32)25-13-11-20(2)12-14-25/h4-14,16-18H,1,15,19H2,2-3H3,(H,28,30)/b27-18-. The van der Waals surface area contributed by atoms with E-state index in [1.54, 1.807) is 60.7 Å². The van der Waals surface area contributed by atoms with Gasteiger partial charge in [-0.3, -0.25) is 9.10 Å². The molecule has 0 bridgehead atoms. The van der Waals surface area contributed by atoms with Crippen molar-refractivity contribution in [2.45, 2.75) is 18.7 Å². The Morgan fingerprint density at radius 3 is 2.47 bits per heavy atom. The Morgan fingerprint density at radius 2 is 1.76 bits per heavy atom. The first-order chi connectivity index (χ1) is 16.3. The van der Waals surface area contributed by atoms with Crippen molar-refractivity contribution >= 4 is 27.8 Å². The molecule has 0 spiro atoms. The minimum Gasteiger partial charge on any atom is -0.490 e. The molecule has 176 valence electrons. The Kier molecular flexibility index (Phi) is 8.21. The number of amides is 1.